The van der Waals surface area contributed by atoms with Gasteiger partial charge in [-0.15, -0.1) is 0 Å². The van der Waals surface area contributed by atoms with E-state index in [2.05, 4.69) is 24.3 Å². The molecule has 0 aliphatic rings. The third-order valence-corrected chi connectivity index (χ3v) is 4.68. The van der Waals surface area contributed by atoms with E-state index in [9.17, 15) is 9.90 Å². The number of aryl methyl sites for hydroxylation is 2. The monoisotopic (exact) mass is 376 g/mol. The summed E-state index contributed by atoms with van der Waals surface area (Å²) in [5.41, 5.74) is 6.58. The second-order valence-corrected chi connectivity index (χ2v) is 7.07. The maximum atomic E-state index is 10.5. The molecule has 0 saturated heterocycles. The van der Waals surface area contributed by atoms with Crippen LogP contribution < -0.4 is 4.74 Å². The van der Waals surface area contributed by atoms with Crippen molar-refractivity contribution in [3.05, 3.63) is 94.0 Å². The molecule has 0 saturated carbocycles. The number of hydrogen-bond acceptors (Lipinski definition) is 3. The Morgan fingerprint density at radius 2 is 1.21 bits per heavy atom. The Kier molecular flexibility index (Phi) is 5.99. The SMILES string of the molecule is Cc1cc(Cc2ccc(Cc3ccc(OCC(=O)O)cc3)cc2)cc(C)c1O. The number of benzene rings is 3. The van der Waals surface area contributed by atoms with Crippen molar-refractivity contribution in [2.75, 3.05) is 6.61 Å². The lowest BCUT2D eigenvalue weighted by molar-refractivity contribution is -0.139. The highest BCUT2D eigenvalue weighted by Crippen LogP contribution is 2.24. The molecule has 0 aliphatic heterocycles. The molecule has 0 spiro atoms. The molecule has 3 aromatic carbocycles. The highest BCUT2D eigenvalue weighted by molar-refractivity contribution is 5.68. The third-order valence-electron chi connectivity index (χ3n) is 4.68. The van der Waals surface area contributed by atoms with E-state index in [1.54, 1.807) is 12.1 Å². The quantitative estimate of drug-likeness (QED) is 0.630. The highest BCUT2D eigenvalue weighted by atomic mass is 16.5. The van der Waals surface area contributed by atoms with Gasteiger partial charge >= 0.3 is 5.97 Å². The van der Waals surface area contributed by atoms with Crippen LogP contribution in [0.25, 0.3) is 0 Å². The van der Waals surface area contributed by atoms with Crippen molar-refractivity contribution in [2.45, 2.75) is 26.7 Å². The summed E-state index contributed by atoms with van der Waals surface area (Å²) in [5.74, 6) is -0.0544. The van der Waals surface area contributed by atoms with Gasteiger partial charge in [-0.1, -0.05) is 48.5 Å². The summed E-state index contributed by atoms with van der Waals surface area (Å²) in [5, 5.41) is 18.6. The zero-order valence-corrected chi connectivity index (χ0v) is 16.1. The number of rotatable bonds is 7. The number of phenols is 1. The van der Waals surface area contributed by atoms with E-state index < -0.39 is 5.97 Å². The molecule has 0 atom stereocenters. The van der Waals surface area contributed by atoms with Crippen LogP contribution in [0.2, 0.25) is 0 Å². The lowest BCUT2D eigenvalue weighted by Gasteiger charge is -2.09. The van der Waals surface area contributed by atoms with Crippen LogP contribution >= 0.6 is 0 Å². The van der Waals surface area contributed by atoms with Crippen LogP contribution in [0.5, 0.6) is 11.5 Å². The first-order valence-electron chi connectivity index (χ1n) is 9.21. The van der Waals surface area contributed by atoms with Crippen molar-refractivity contribution in [3.8, 4) is 11.5 Å². The summed E-state index contributed by atoms with van der Waals surface area (Å²) in [6.07, 6.45) is 1.63. The third kappa shape index (κ3) is 5.13. The van der Waals surface area contributed by atoms with Crippen LogP contribution in [0, 0.1) is 13.8 Å². The second-order valence-electron chi connectivity index (χ2n) is 7.07. The molecule has 0 heterocycles. The molecule has 0 amide bonds. The number of ether oxygens (including phenoxy) is 1. The van der Waals surface area contributed by atoms with Gasteiger partial charge in [-0.2, -0.15) is 0 Å². The van der Waals surface area contributed by atoms with Crippen molar-refractivity contribution in [1.29, 1.82) is 0 Å². The molecule has 0 radical (unpaired) electrons. The first-order chi connectivity index (χ1) is 13.4. The molecule has 0 aliphatic carbocycles. The summed E-state index contributed by atoms with van der Waals surface area (Å²) in [6, 6.07) is 20.1. The summed E-state index contributed by atoms with van der Waals surface area (Å²) < 4.78 is 5.15. The molecule has 0 bridgehead atoms. The molecule has 144 valence electrons. The average molecular weight is 376 g/mol. The maximum absolute atomic E-state index is 10.5. The first-order valence-corrected chi connectivity index (χ1v) is 9.21. The normalized spacial score (nSPS) is 10.6. The van der Waals surface area contributed by atoms with Crippen LogP contribution in [0.1, 0.15) is 33.4 Å². The van der Waals surface area contributed by atoms with Gasteiger partial charge in [0.25, 0.3) is 0 Å². The van der Waals surface area contributed by atoms with Gasteiger partial charge in [0.2, 0.25) is 0 Å². The standard InChI is InChI=1S/C24H24O4/c1-16-11-21(12-17(2)24(16)27)14-19-5-3-18(4-6-19)13-20-7-9-22(10-8-20)28-15-23(25)26/h3-12,27H,13-15H2,1-2H3,(H,25,26). The predicted octanol–water partition coefficient (Wildman–Crippen LogP) is 4.65. The van der Waals surface area contributed by atoms with E-state index in [1.807, 2.05) is 38.1 Å². The Morgan fingerprint density at radius 3 is 1.68 bits per heavy atom. The first kappa shape index (κ1) is 19.5. The molecular formula is C24H24O4. The fraction of sp³-hybridized carbons (Fsp3) is 0.208. The second kappa shape index (κ2) is 8.61. The van der Waals surface area contributed by atoms with Gasteiger partial charge in [-0.05, 0) is 72.2 Å². The number of phenolic OH excluding ortho intramolecular Hbond substituents is 1. The van der Waals surface area contributed by atoms with Crippen LogP contribution in [-0.2, 0) is 17.6 Å². The number of hydrogen-bond donors (Lipinski definition) is 2. The van der Waals surface area contributed by atoms with Gasteiger partial charge in [0.05, 0.1) is 0 Å². The number of aromatic hydroxyl groups is 1. The summed E-state index contributed by atoms with van der Waals surface area (Å²) in [7, 11) is 0. The molecule has 4 nitrogen and oxygen atoms in total. The zero-order chi connectivity index (χ0) is 20.1. The van der Waals surface area contributed by atoms with Crippen LogP contribution in [0.3, 0.4) is 0 Å². The lowest BCUT2D eigenvalue weighted by atomic mass is 9.98. The number of carboxylic acids is 1. The molecule has 4 heteroatoms. The van der Waals surface area contributed by atoms with Gasteiger partial charge in [0.15, 0.2) is 6.61 Å². The minimum atomic E-state index is -0.984. The Labute approximate surface area is 165 Å². The number of carbonyl (C=O) groups is 1. The van der Waals surface area contributed by atoms with Gasteiger partial charge in [-0.3, -0.25) is 0 Å². The molecule has 0 aromatic heterocycles. The van der Waals surface area contributed by atoms with Crippen molar-refractivity contribution in [3.63, 3.8) is 0 Å². The van der Waals surface area contributed by atoms with Gasteiger partial charge < -0.3 is 14.9 Å². The highest BCUT2D eigenvalue weighted by Gasteiger charge is 2.05. The van der Waals surface area contributed by atoms with Gasteiger partial charge in [-0.25, -0.2) is 4.79 Å². The summed E-state index contributed by atoms with van der Waals surface area (Å²) >= 11 is 0. The smallest absolute Gasteiger partial charge is 0.341 e. The molecule has 0 unspecified atom stereocenters. The van der Waals surface area contributed by atoms with Gasteiger partial charge in [0, 0.05) is 0 Å². The van der Waals surface area contributed by atoms with Crippen LogP contribution in [-0.4, -0.2) is 22.8 Å². The predicted molar refractivity (Wildman–Crippen MR) is 109 cm³/mol. The van der Waals surface area contributed by atoms with E-state index in [4.69, 9.17) is 9.84 Å². The Morgan fingerprint density at radius 1 is 0.786 bits per heavy atom. The number of aliphatic carboxylic acids is 1. The molecular weight excluding hydrogens is 352 g/mol. The number of carboxylic acid groups (broad SMARTS) is 1. The Bertz CT molecular complexity index is 934. The Balaban J connectivity index is 1.62. The molecule has 2 N–H and O–H groups in total. The lowest BCUT2D eigenvalue weighted by Crippen LogP contribution is -2.09. The fourth-order valence-corrected chi connectivity index (χ4v) is 3.24. The van der Waals surface area contributed by atoms with Crippen LogP contribution in [0.4, 0.5) is 0 Å². The van der Waals surface area contributed by atoms with E-state index >= 15 is 0 Å². The van der Waals surface area contributed by atoms with Gasteiger partial charge in [0.1, 0.15) is 11.5 Å². The average Bonchev–Trinajstić information content (AvgIpc) is 2.67. The van der Waals surface area contributed by atoms with E-state index in [1.165, 1.54) is 16.7 Å². The summed E-state index contributed by atoms with van der Waals surface area (Å²) in [6.45, 7) is 3.51. The van der Waals surface area contributed by atoms with Crippen molar-refractivity contribution >= 4 is 5.97 Å². The topological polar surface area (TPSA) is 66.8 Å². The van der Waals surface area contributed by atoms with E-state index in [-0.39, 0.29) is 6.61 Å². The van der Waals surface area contributed by atoms with E-state index in [0.717, 1.165) is 29.5 Å². The Hall–Kier alpha value is -3.27. The summed E-state index contributed by atoms with van der Waals surface area (Å²) in [4.78, 5) is 10.5. The molecule has 28 heavy (non-hydrogen) atoms. The fourth-order valence-electron chi connectivity index (χ4n) is 3.24. The molecule has 3 aromatic rings. The van der Waals surface area contributed by atoms with Crippen LogP contribution in [0.15, 0.2) is 60.7 Å². The van der Waals surface area contributed by atoms with Crippen molar-refractivity contribution in [1.82, 2.24) is 0 Å². The molecule has 3 rings (SSSR count). The zero-order valence-electron chi connectivity index (χ0n) is 16.1. The largest absolute Gasteiger partial charge is 0.507 e. The van der Waals surface area contributed by atoms with Crippen molar-refractivity contribution in [2.24, 2.45) is 0 Å². The minimum Gasteiger partial charge on any atom is -0.507 e. The van der Waals surface area contributed by atoms with E-state index in [0.29, 0.717) is 11.5 Å². The minimum absolute atomic E-state index is 0.332. The van der Waals surface area contributed by atoms with Crippen molar-refractivity contribution < 1.29 is 19.7 Å². The molecule has 0 fully saturated rings. The maximum Gasteiger partial charge on any atom is 0.341 e.